The smallest absolute Gasteiger partial charge is 0.288 e. The average molecular weight is 281 g/mol. The van der Waals surface area contributed by atoms with Crippen molar-refractivity contribution in [3.63, 3.8) is 0 Å². The van der Waals surface area contributed by atoms with E-state index >= 15 is 0 Å². The standard InChI is InChI=1S/C11H9BrN2O2/c12-9-3-1-8(2-4-9)5-14-11(15)10-6-13-7-16-10/h1-4,6-7H,5H2,(H,14,15). The minimum absolute atomic E-state index is 0.220. The van der Waals surface area contributed by atoms with Crippen LogP contribution in [0.2, 0.25) is 0 Å². The summed E-state index contributed by atoms with van der Waals surface area (Å²) in [7, 11) is 0. The summed E-state index contributed by atoms with van der Waals surface area (Å²) in [6.45, 7) is 0.465. The molecule has 1 aromatic heterocycles. The zero-order chi connectivity index (χ0) is 11.4. The van der Waals surface area contributed by atoms with E-state index in [2.05, 4.69) is 26.2 Å². The van der Waals surface area contributed by atoms with Crippen molar-refractivity contribution in [1.82, 2.24) is 10.3 Å². The molecule has 2 rings (SSSR count). The molecule has 0 saturated heterocycles. The number of nitrogens with one attached hydrogen (secondary N) is 1. The lowest BCUT2D eigenvalue weighted by Crippen LogP contribution is -2.22. The van der Waals surface area contributed by atoms with Crippen LogP contribution in [0.5, 0.6) is 0 Å². The van der Waals surface area contributed by atoms with Crippen LogP contribution in [-0.2, 0) is 6.54 Å². The first kappa shape index (κ1) is 10.9. The molecular weight excluding hydrogens is 272 g/mol. The van der Waals surface area contributed by atoms with Gasteiger partial charge in [0.25, 0.3) is 5.91 Å². The van der Waals surface area contributed by atoms with Crippen LogP contribution < -0.4 is 5.32 Å². The highest BCUT2D eigenvalue weighted by Crippen LogP contribution is 2.10. The van der Waals surface area contributed by atoms with Crippen LogP contribution in [0.1, 0.15) is 16.1 Å². The molecule has 1 N–H and O–H groups in total. The molecule has 0 radical (unpaired) electrons. The van der Waals surface area contributed by atoms with E-state index in [4.69, 9.17) is 4.42 Å². The van der Waals surface area contributed by atoms with Gasteiger partial charge in [0.1, 0.15) is 0 Å². The Morgan fingerprint density at radius 3 is 2.75 bits per heavy atom. The van der Waals surface area contributed by atoms with Crippen molar-refractivity contribution in [2.75, 3.05) is 0 Å². The third kappa shape index (κ3) is 2.70. The summed E-state index contributed by atoms with van der Waals surface area (Å²) in [6, 6.07) is 7.72. The molecule has 1 heterocycles. The van der Waals surface area contributed by atoms with Gasteiger partial charge in [-0.2, -0.15) is 0 Å². The van der Waals surface area contributed by atoms with Crippen molar-refractivity contribution in [3.8, 4) is 0 Å². The van der Waals surface area contributed by atoms with Crippen molar-refractivity contribution < 1.29 is 9.21 Å². The molecule has 0 aliphatic heterocycles. The molecule has 0 unspecified atom stereocenters. The van der Waals surface area contributed by atoms with Gasteiger partial charge >= 0.3 is 0 Å². The molecule has 16 heavy (non-hydrogen) atoms. The number of rotatable bonds is 3. The number of hydrogen-bond acceptors (Lipinski definition) is 3. The van der Waals surface area contributed by atoms with E-state index in [9.17, 15) is 4.79 Å². The fraction of sp³-hybridized carbons (Fsp3) is 0.0909. The molecule has 0 fully saturated rings. The maximum atomic E-state index is 11.5. The number of halogens is 1. The largest absolute Gasteiger partial charge is 0.438 e. The zero-order valence-electron chi connectivity index (χ0n) is 8.31. The van der Waals surface area contributed by atoms with Crippen molar-refractivity contribution in [2.24, 2.45) is 0 Å². The Kier molecular flexibility index (Phi) is 3.36. The molecule has 0 aliphatic rings. The lowest BCUT2D eigenvalue weighted by Gasteiger charge is -2.02. The number of carbonyl (C=O) groups is 1. The van der Waals surface area contributed by atoms with Crippen LogP contribution in [0.3, 0.4) is 0 Å². The third-order valence-electron chi connectivity index (χ3n) is 2.02. The van der Waals surface area contributed by atoms with Gasteiger partial charge in [0.2, 0.25) is 5.76 Å². The summed E-state index contributed by atoms with van der Waals surface area (Å²) in [4.78, 5) is 15.2. The number of oxazole rings is 1. The number of hydrogen-bond donors (Lipinski definition) is 1. The fourth-order valence-electron chi connectivity index (χ4n) is 1.20. The quantitative estimate of drug-likeness (QED) is 0.939. The summed E-state index contributed by atoms with van der Waals surface area (Å²) in [5.74, 6) is -0.0440. The highest BCUT2D eigenvalue weighted by Gasteiger charge is 2.07. The number of benzene rings is 1. The monoisotopic (exact) mass is 280 g/mol. The van der Waals surface area contributed by atoms with Crippen molar-refractivity contribution in [2.45, 2.75) is 6.54 Å². The molecule has 2 aromatic rings. The van der Waals surface area contributed by atoms with Crippen LogP contribution in [0, 0.1) is 0 Å². The van der Waals surface area contributed by atoms with Crippen LogP contribution in [0.25, 0.3) is 0 Å². The highest BCUT2D eigenvalue weighted by atomic mass is 79.9. The van der Waals surface area contributed by atoms with Gasteiger partial charge in [-0.25, -0.2) is 4.98 Å². The van der Waals surface area contributed by atoms with Crippen molar-refractivity contribution in [1.29, 1.82) is 0 Å². The summed E-state index contributed by atoms with van der Waals surface area (Å²) in [5, 5.41) is 2.73. The number of aromatic nitrogens is 1. The molecule has 0 atom stereocenters. The summed E-state index contributed by atoms with van der Waals surface area (Å²) in [6.07, 6.45) is 2.62. The first-order valence-electron chi connectivity index (χ1n) is 4.67. The Balaban J connectivity index is 1.93. The van der Waals surface area contributed by atoms with Crippen LogP contribution >= 0.6 is 15.9 Å². The van der Waals surface area contributed by atoms with E-state index < -0.39 is 0 Å². The second kappa shape index (κ2) is 4.94. The molecule has 4 nitrogen and oxygen atoms in total. The summed E-state index contributed by atoms with van der Waals surface area (Å²) < 4.78 is 5.88. The van der Waals surface area contributed by atoms with E-state index in [0.717, 1.165) is 10.0 Å². The maximum Gasteiger partial charge on any atom is 0.288 e. The Hall–Kier alpha value is -1.62. The number of amides is 1. The number of nitrogens with zero attached hydrogens (tertiary/aromatic N) is 1. The van der Waals surface area contributed by atoms with Gasteiger partial charge in [-0.3, -0.25) is 4.79 Å². The molecule has 1 aromatic carbocycles. The summed E-state index contributed by atoms with van der Waals surface area (Å²) >= 11 is 3.35. The first-order chi connectivity index (χ1) is 7.75. The molecule has 0 saturated carbocycles. The van der Waals surface area contributed by atoms with Crippen LogP contribution in [0.4, 0.5) is 0 Å². The van der Waals surface area contributed by atoms with Gasteiger partial charge in [0.15, 0.2) is 6.39 Å². The van der Waals surface area contributed by atoms with E-state index in [1.165, 1.54) is 12.6 Å². The van der Waals surface area contributed by atoms with Gasteiger partial charge in [0, 0.05) is 11.0 Å². The molecule has 0 bridgehead atoms. The predicted molar refractivity (Wildman–Crippen MR) is 61.8 cm³/mol. The molecular formula is C11H9BrN2O2. The van der Waals surface area contributed by atoms with Gasteiger partial charge in [0.05, 0.1) is 6.20 Å². The summed E-state index contributed by atoms with van der Waals surface area (Å²) in [5.41, 5.74) is 1.02. The van der Waals surface area contributed by atoms with E-state index in [1.54, 1.807) is 0 Å². The van der Waals surface area contributed by atoms with Gasteiger partial charge in [-0.15, -0.1) is 0 Å². The Morgan fingerprint density at radius 2 is 2.12 bits per heavy atom. The predicted octanol–water partition coefficient (Wildman–Crippen LogP) is 2.37. The number of carbonyl (C=O) groups excluding carboxylic acids is 1. The Labute approximate surface area is 101 Å². The fourth-order valence-corrected chi connectivity index (χ4v) is 1.46. The zero-order valence-corrected chi connectivity index (χ0v) is 9.90. The van der Waals surface area contributed by atoms with Gasteiger partial charge in [-0.1, -0.05) is 28.1 Å². The SMILES string of the molecule is O=C(NCc1ccc(Br)cc1)c1cnco1. The Bertz CT molecular complexity index is 465. The average Bonchev–Trinajstić information content (AvgIpc) is 2.81. The van der Waals surface area contributed by atoms with E-state index in [-0.39, 0.29) is 11.7 Å². The second-order valence-electron chi connectivity index (χ2n) is 3.17. The maximum absolute atomic E-state index is 11.5. The lowest BCUT2D eigenvalue weighted by molar-refractivity contribution is 0.0923. The van der Waals surface area contributed by atoms with E-state index in [1.807, 2.05) is 24.3 Å². The Morgan fingerprint density at radius 1 is 1.38 bits per heavy atom. The normalized spacial score (nSPS) is 10.1. The first-order valence-corrected chi connectivity index (χ1v) is 5.46. The van der Waals surface area contributed by atoms with Crippen molar-refractivity contribution in [3.05, 3.63) is 52.7 Å². The molecule has 0 spiro atoms. The second-order valence-corrected chi connectivity index (χ2v) is 4.09. The highest BCUT2D eigenvalue weighted by molar-refractivity contribution is 9.10. The molecule has 1 amide bonds. The van der Waals surface area contributed by atoms with Gasteiger partial charge < -0.3 is 9.73 Å². The topological polar surface area (TPSA) is 55.1 Å². The molecule has 82 valence electrons. The molecule has 0 aliphatic carbocycles. The van der Waals surface area contributed by atoms with Crippen LogP contribution in [-0.4, -0.2) is 10.9 Å². The van der Waals surface area contributed by atoms with Crippen LogP contribution in [0.15, 0.2) is 45.7 Å². The molecule has 5 heteroatoms. The van der Waals surface area contributed by atoms with Gasteiger partial charge in [-0.05, 0) is 17.7 Å². The minimum atomic E-state index is -0.264. The minimum Gasteiger partial charge on any atom is -0.438 e. The van der Waals surface area contributed by atoms with Crippen molar-refractivity contribution >= 4 is 21.8 Å². The lowest BCUT2D eigenvalue weighted by atomic mass is 10.2. The van der Waals surface area contributed by atoms with E-state index in [0.29, 0.717) is 6.54 Å². The third-order valence-corrected chi connectivity index (χ3v) is 2.55.